The maximum Gasteiger partial charge on any atom is 0.306 e. The molecule has 5 heterocycles. The van der Waals surface area contributed by atoms with Crippen LogP contribution in [0.4, 0.5) is 0 Å². The summed E-state index contributed by atoms with van der Waals surface area (Å²) in [5.74, 6) is -1.87. The van der Waals surface area contributed by atoms with Crippen molar-refractivity contribution in [1.29, 1.82) is 0 Å². The van der Waals surface area contributed by atoms with Crippen molar-refractivity contribution < 1.29 is 33.8 Å². The van der Waals surface area contributed by atoms with Crippen LogP contribution >= 0.6 is 11.3 Å². The fourth-order valence-electron chi connectivity index (χ4n) is 7.44. The molecular formula is C37H53N7O7S. The zero-order chi connectivity index (χ0) is 37.7. The van der Waals surface area contributed by atoms with Gasteiger partial charge in [-0.25, -0.2) is 15.0 Å². The molecule has 4 fully saturated rings. The van der Waals surface area contributed by atoms with Crippen LogP contribution in [0.2, 0.25) is 0 Å². The van der Waals surface area contributed by atoms with Gasteiger partial charge in [-0.05, 0) is 81.9 Å². The van der Waals surface area contributed by atoms with Gasteiger partial charge in [0.15, 0.2) is 6.10 Å². The molecule has 0 radical (unpaired) electrons. The molecule has 6 atom stereocenters. The smallest absolute Gasteiger partial charge is 0.306 e. The minimum Gasteiger partial charge on any atom is -0.481 e. The number of aryl methyl sites for hydroxylation is 1. The molecule has 2 aromatic rings. The Labute approximate surface area is 309 Å². The van der Waals surface area contributed by atoms with Crippen molar-refractivity contribution in [2.24, 2.45) is 23.7 Å². The first-order chi connectivity index (χ1) is 24.7. The Kier molecular flexibility index (Phi) is 13.0. The topological polar surface area (TPSA) is 184 Å². The van der Waals surface area contributed by atoms with E-state index < -0.39 is 42.0 Å². The number of carboxylic acid groups (broad SMARTS) is 1. The van der Waals surface area contributed by atoms with Crippen molar-refractivity contribution in [3.05, 3.63) is 39.9 Å². The molecule has 14 nitrogen and oxygen atoms in total. The van der Waals surface area contributed by atoms with Gasteiger partial charge >= 0.3 is 11.9 Å². The molecule has 15 heteroatoms. The summed E-state index contributed by atoms with van der Waals surface area (Å²) in [5, 5.41) is 17.6. The summed E-state index contributed by atoms with van der Waals surface area (Å²) >= 11 is 1.17. The summed E-state index contributed by atoms with van der Waals surface area (Å²) in [6, 6.07) is -1.76. The fraction of sp³-hybridized carbons (Fsp3) is 0.676. The van der Waals surface area contributed by atoms with E-state index in [0.717, 1.165) is 50.8 Å². The predicted molar refractivity (Wildman–Crippen MR) is 193 cm³/mol. The molecule has 0 spiro atoms. The second-order valence-corrected chi connectivity index (χ2v) is 16.1. The number of nitrogens with one attached hydrogen (secondary N) is 2. The highest BCUT2D eigenvalue weighted by Crippen LogP contribution is 2.37. The summed E-state index contributed by atoms with van der Waals surface area (Å²) in [5.41, 5.74) is 0.981. The third kappa shape index (κ3) is 10.1. The molecule has 4 aliphatic rings. The molecule has 284 valence electrons. The van der Waals surface area contributed by atoms with Crippen molar-refractivity contribution in [2.45, 2.75) is 116 Å². The number of fused-ring (bicyclic) bond motifs is 3. The number of hydrogen-bond donors (Lipinski definition) is 3. The van der Waals surface area contributed by atoms with Crippen molar-refractivity contribution in [2.75, 3.05) is 20.1 Å². The third-order valence-electron chi connectivity index (χ3n) is 10.7. The van der Waals surface area contributed by atoms with Gasteiger partial charge in [0.05, 0.1) is 12.0 Å². The lowest BCUT2D eigenvalue weighted by atomic mass is 9.83. The van der Waals surface area contributed by atoms with Crippen LogP contribution in [0.5, 0.6) is 0 Å². The molecule has 1 saturated carbocycles. The minimum atomic E-state index is -0.979. The summed E-state index contributed by atoms with van der Waals surface area (Å²) in [4.78, 5) is 82.2. The van der Waals surface area contributed by atoms with Gasteiger partial charge in [-0.3, -0.25) is 28.9 Å². The number of piperidine rings is 3. The molecule has 6 rings (SSSR count). The van der Waals surface area contributed by atoms with Gasteiger partial charge in [0, 0.05) is 56.7 Å². The van der Waals surface area contributed by atoms with Gasteiger partial charge in [-0.1, -0.05) is 20.8 Å². The maximum atomic E-state index is 14.1. The predicted octanol–water partition coefficient (Wildman–Crippen LogP) is 3.55. The van der Waals surface area contributed by atoms with Crippen LogP contribution in [-0.4, -0.2) is 104 Å². The van der Waals surface area contributed by atoms with Crippen LogP contribution in [-0.2, 0) is 30.3 Å². The lowest BCUT2D eigenvalue weighted by Crippen LogP contribution is -2.59. The second kappa shape index (κ2) is 17.2. The van der Waals surface area contributed by atoms with E-state index in [1.54, 1.807) is 36.6 Å². The summed E-state index contributed by atoms with van der Waals surface area (Å²) in [6.07, 6.45) is 7.96. The number of ether oxygens (including phenoxy) is 1. The largest absolute Gasteiger partial charge is 0.481 e. The van der Waals surface area contributed by atoms with Crippen molar-refractivity contribution in [1.82, 2.24) is 35.4 Å². The number of carbonyl (C=O) groups excluding carboxylic acids is 4. The molecule has 3 N–H and O–H groups in total. The van der Waals surface area contributed by atoms with Crippen LogP contribution in [0.3, 0.4) is 0 Å². The highest BCUT2D eigenvalue weighted by molar-refractivity contribution is 7.09. The molecule has 0 unspecified atom stereocenters. The molecule has 2 aromatic heterocycles. The second-order valence-electron chi connectivity index (χ2n) is 15.2. The first-order valence-electron chi connectivity index (χ1n) is 18.4. The molecule has 1 aliphatic carbocycles. The Morgan fingerprint density at radius 1 is 1.04 bits per heavy atom. The Balaban J connectivity index is 1.28. The van der Waals surface area contributed by atoms with Crippen molar-refractivity contribution in [3.63, 3.8) is 0 Å². The average molecular weight is 740 g/mol. The number of carbonyl (C=O) groups is 5. The lowest BCUT2D eigenvalue weighted by molar-refractivity contribution is -0.149. The van der Waals surface area contributed by atoms with Crippen molar-refractivity contribution in [3.8, 4) is 0 Å². The monoisotopic (exact) mass is 739 g/mol. The maximum absolute atomic E-state index is 14.1. The number of thiazole rings is 1. The van der Waals surface area contributed by atoms with Gasteiger partial charge in [0.1, 0.15) is 22.6 Å². The minimum absolute atomic E-state index is 0.0357. The quantitative estimate of drug-likeness (QED) is 0.202. The number of aromatic nitrogens is 3. The Bertz CT molecular complexity index is 1590. The van der Waals surface area contributed by atoms with Crippen LogP contribution in [0.15, 0.2) is 17.8 Å². The van der Waals surface area contributed by atoms with Crippen LogP contribution in [0, 0.1) is 30.6 Å². The average Bonchev–Trinajstić information content (AvgIpc) is 3.83. The third-order valence-corrected chi connectivity index (χ3v) is 11.6. The van der Waals surface area contributed by atoms with E-state index in [1.807, 2.05) is 20.8 Å². The number of amides is 3. The molecule has 3 aliphatic heterocycles. The summed E-state index contributed by atoms with van der Waals surface area (Å²) < 4.78 is 5.76. The van der Waals surface area contributed by atoms with E-state index in [9.17, 15) is 29.1 Å². The van der Waals surface area contributed by atoms with Crippen LogP contribution in [0.1, 0.15) is 106 Å². The standard InChI is InChI=1S/C37H53N7O7S/c1-20(2)28(43(6)36(48)32(25-7-8-25)42-34(47)29-14-24-9-11-44(29)12-10-24)16-30(51-23(5)45)35-41-27(19-52-35)33(46)40-26(13-22(4)37(49)50)15-31-38-17-21(3)18-39-31/h17-20,22,24-26,28-30,32H,7-16H2,1-6H3,(H,40,46)(H,42,47)(H,49,50)/t22-,26+,28+,29+,30+,32-/m0/s1. The first-order valence-corrected chi connectivity index (χ1v) is 19.3. The number of rotatable bonds is 17. The Morgan fingerprint density at radius 2 is 1.71 bits per heavy atom. The molecule has 3 saturated heterocycles. The van der Waals surface area contributed by atoms with Gasteiger partial charge < -0.3 is 25.4 Å². The molecular weight excluding hydrogens is 687 g/mol. The van der Waals surface area contributed by atoms with E-state index in [4.69, 9.17) is 4.74 Å². The molecule has 2 bridgehead atoms. The highest BCUT2D eigenvalue weighted by Gasteiger charge is 2.44. The first kappa shape index (κ1) is 39.2. The molecule has 0 aromatic carbocycles. The number of hydrogen-bond acceptors (Lipinski definition) is 11. The van der Waals surface area contributed by atoms with E-state index in [-0.39, 0.29) is 60.7 Å². The summed E-state index contributed by atoms with van der Waals surface area (Å²) in [7, 11) is 1.74. The normalized spacial score (nSPS) is 22.5. The number of nitrogens with zero attached hydrogens (tertiary/aromatic N) is 5. The number of aliphatic carboxylic acids is 1. The number of carboxylic acids is 1. The lowest BCUT2D eigenvalue weighted by Gasteiger charge is -2.45. The molecule has 3 amide bonds. The van der Waals surface area contributed by atoms with E-state index in [0.29, 0.717) is 16.7 Å². The zero-order valence-corrected chi connectivity index (χ0v) is 31.9. The summed E-state index contributed by atoms with van der Waals surface area (Å²) in [6.45, 7) is 10.6. The van der Waals surface area contributed by atoms with Crippen LogP contribution < -0.4 is 10.6 Å². The van der Waals surface area contributed by atoms with Gasteiger partial charge in [0.2, 0.25) is 11.8 Å². The Hall–Kier alpha value is -3.98. The highest BCUT2D eigenvalue weighted by atomic mass is 32.1. The van der Waals surface area contributed by atoms with Crippen molar-refractivity contribution >= 4 is 41.0 Å². The van der Waals surface area contributed by atoms with E-state index >= 15 is 0 Å². The van der Waals surface area contributed by atoms with Gasteiger partial charge in [-0.15, -0.1) is 11.3 Å². The Morgan fingerprint density at radius 3 is 2.27 bits per heavy atom. The number of esters is 1. The molecule has 52 heavy (non-hydrogen) atoms. The fourth-order valence-corrected chi connectivity index (χ4v) is 8.28. The van der Waals surface area contributed by atoms with E-state index in [2.05, 4.69) is 30.5 Å². The van der Waals surface area contributed by atoms with Gasteiger partial charge in [0.25, 0.3) is 5.91 Å². The van der Waals surface area contributed by atoms with E-state index in [1.165, 1.54) is 18.3 Å². The van der Waals surface area contributed by atoms with Gasteiger partial charge in [-0.2, -0.15) is 0 Å². The zero-order valence-electron chi connectivity index (χ0n) is 31.0. The number of likely N-dealkylation sites (N-methyl/N-ethyl adjacent to an activating group) is 1. The van der Waals surface area contributed by atoms with Crippen LogP contribution in [0.25, 0.3) is 0 Å². The SMILES string of the molecule is CC(=O)O[C@H](C[C@H](C(C)C)N(C)C(=O)[C@@H](NC(=O)[C@H]1CC2CCN1CC2)C1CC1)c1nc(C(=O)N[C@@H](Cc2ncc(C)cn2)C[C@H](C)C(=O)O)cs1.